The zero-order valence-electron chi connectivity index (χ0n) is 16.1. The van der Waals surface area contributed by atoms with Crippen LogP contribution in [0.15, 0.2) is 72.5 Å². The van der Waals surface area contributed by atoms with Gasteiger partial charge in [0, 0.05) is 6.42 Å². The van der Waals surface area contributed by atoms with Crippen molar-refractivity contribution in [2.45, 2.75) is 58.3 Å². The number of hydrogen-bond donors (Lipinski definition) is 1. The van der Waals surface area contributed by atoms with Crippen molar-refractivity contribution in [2.24, 2.45) is 0 Å². The van der Waals surface area contributed by atoms with Crippen LogP contribution in [0.25, 0.3) is 0 Å². The minimum atomic E-state index is -0.804. The lowest BCUT2D eigenvalue weighted by Crippen LogP contribution is -1.97. The quantitative estimate of drug-likeness (QED) is 0.212. The lowest BCUT2D eigenvalue weighted by molar-refractivity contribution is -0.427. The minimum absolute atomic E-state index is 0.133. The number of carboxylic acid groups (broad SMARTS) is 1. The molecule has 0 aromatic heterocycles. The number of allylic oxidation sites excluding steroid dienone is 11. The molecule has 0 radical (unpaired) electrons. The molecule has 0 bridgehead atoms. The molecule has 1 N–H and O–H groups in total. The Bertz CT molecular complexity index is 595. The van der Waals surface area contributed by atoms with E-state index >= 15 is 0 Å². The molecule has 0 aliphatic rings. The van der Waals surface area contributed by atoms with E-state index in [1.165, 1.54) is 0 Å². The molecule has 0 saturated carbocycles. The number of nitro groups is 1. The van der Waals surface area contributed by atoms with Crippen LogP contribution in [-0.4, -0.2) is 16.0 Å². The maximum atomic E-state index is 11.1. The molecule has 0 atom stereocenters. The Kier molecular flexibility index (Phi) is 16.3. The van der Waals surface area contributed by atoms with E-state index in [1.54, 1.807) is 6.08 Å². The second kappa shape index (κ2) is 18.1. The van der Waals surface area contributed by atoms with Crippen molar-refractivity contribution in [1.29, 1.82) is 0 Å². The largest absolute Gasteiger partial charge is 0.481 e. The summed E-state index contributed by atoms with van der Waals surface area (Å²) in [4.78, 5) is 21.1. The summed E-state index contributed by atoms with van der Waals surface area (Å²) in [6, 6.07) is 0. The van der Waals surface area contributed by atoms with Crippen LogP contribution in [0.1, 0.15) is 58.3 Å². The predicted molar refractivity (Wildman–Crippen MR) is 111 cm³/mol. The Hall–Kier alpha value is -2.69. The van der Waals surface area contributed by atoms with Crippen molar-refractivity contribution in [3.8, 4) is 0 Å². The first-order valence-corrected chi connectivity index (χ1v) is 9.38. The molecule has 0 unspecified atom stereocenters. The van der Waals surface area contributed by atoms with Crippen LogP contribution in [0.5, 0.6) is 0 Å². The monoisotopic (exact) mass is 373 g/mol. The molecule has 0 heterocycles. The first-order valence-electron chi connectivity index (χ1n) is 9.38. The van der Waals surface area contributed by atoms with E-state index < -0.39 is 5.97 Å². The van der Waals surface area contributed by atoms with Crippen LogP contribution in [0.2, 0.25) is 0 Å². The van der Waals surface area contributed by atoms with Crippen molar-refractivity contribution < 1.29 is 14.8 Å². The first kappa shape index (κ1) is 24.3. The van der Waals surface area contributed by atoms with Gasteiger partial charge in [-0.3, -0.25) is 14.9 Å². The van der Waals surface area contributed by atoms with Gasteiger partial charge in [0.15, 0.2) is 0 Å². The van der Waals surface area contributed by atoms with Gasteiger partial charge in [-0.1, -0.05) is 67.7 Å². The van der Waals surface area contributed by atoms with Gasteiger partial charge in [-0.15, -0.1) is 0 Å². The Labute approximate surface area is 162 Å². The molecule has 0 rings (SSSR count). The molecule has 5 nitrogen and oxygen atoms in total. The Balaban J connectivity index is 4.11. The van der Waals surface area contributed by atoms with Crippen molar-refractivity contribution in [3.63, 3.8) is 0 Å². The highest BCUT2D eigenvalue weighted by atomic mass is 16.6. The molecule has 0 aromatic rings. The minimum Gasteiger partial charge on any atom is -0.481 e. The summed E-state index contributed by atoms with van der Waals surface area (Å²) in [6.45, 7) is 2.10. The second-order valence-corrected chi connectivity index (χ2v) is 5.80. The topological polar surface area (TPSA) is 80.4 Å². The van der Waals surface area contributed by atoms with Crippen LogP contribution in [0, 0.1) is 10.1 Å². The van der Waals surface area contributed by atoms with Gasteiger partial charge < -0.3 is 5.11 Å². The summed E-state index contributed by atoms with van der Waals surface area (Å²) >= 11 is 0. The molecule has 0 amide bonds. The third kappa shape index (κ3) is 17.9. The molecule has 0 saturated heterocycles. The molecule has 0 aliphatic carbocycles. The number of rotatable bonds is 15. The van der Waals surface area contributed by atoms with Crippen molar-refractivity contribution >= 4 is 5.97 Å². The molecular weight excluding hydrogens is 342 g/mol. The summed E-state index contributed by atoms with van der Waals surface area (Å²) in [5.74, 6) is -0.804. The maximum Gasteiger partial charge on any atom is 0.303 e. The molecule has 0 aromatic carbocycles. The van der Waals surface area contributed by atoms with Crippen molar-refractivity contribution in [2.75, 3.05) is 0 Å². The fourth-order valence-electron chi connectivity index (χ4n) is 2.04. The van der Waals surface area contributed by atoms with Crippen LogP contribution >= 0.6 is 0 Å². The van der Waals surface area contributed by atoms with E-state index in [1.807, 2.05) is 36.5 Å². The lowest BCUT2D eigenvalue weighted by Gasteiger charge is -1.93. The number of carboxylic acids is 1. The molecule has 0 fully saturated rings. The Morgan fingerprint density at radius 2 is 1.37 bits per heavy atom. The molecule has 148 valence electrons. The van der Waals surface area contributed by atoms with Crippen LogP contribution in [0.3, 0.4) is 0 Å². The van der Waals surface area contributed by atoms with Gasteiger partial charge in [-0.05, 0) is 44.6 Å². The van der Waals surface area contributed by atoms with Gasteiger partial charge in [-0.25, -0.2) is 0 Å². The summed E-state index contributed by atoms with van der Waals surface area (Å²) in [5.41, 5.74) is 0.197. The number of nitrogens with zero attached hydrogens (tertiary/aromatic N) is 1. The van der Waals surface area contributed by atoms with E-state index in [-0.39, 0.29) is 17.0 Å². The fourth-order valence-corrected chi connectivity index (χ4v) is 2.04. The fraction of sp³-hybridized carbons (Fsp3) is 0.409. The van der Waals surface area contributed by atoms with Crippen LogP contribution < -0.4 is 0 Å². The number of aliphatic carboxylic acids is 1. The summed E-state index contributed by atoms with van der Waals surface area (Å²) < 4.78 is 0. The standard InChI is InChI=1S/C22H31NO4/c1-2-3-4-5-6-7-9-12-15-18-21(23(26)27)19-16-13-10-8-11-14-17-20-22(24)25/h3-4,6-7,10-15,19H,2,5,8-9,16-18,20H2,1H3,(H,24,25). The van der Waals surface area contributed by atoms with Gasteiger partial charge >= 0.3 is 5.97 Å². The molecule has 0 aliphatic heterocycles. The predicted octanol–water partition coefficient (Wildman–Crippen LogP) is 6.15. The zero-order chi connectivity index (χ0) is 20.2. The highest BCUT2D eigenvalue weighted by Gasteiger charge is 2.06. The highest BCUT2D eigenvalue weighted by molar-refractivity contribution is 5.66. The highest BCUT2D eigenvalue weighted by Crippen LogP contribution is 2.07. The molecular formula is C22H31NO4. The van der Waals surface area contributed by atoms with Crippen molar-refractivity contribution in [3.05, 3.63) is 82.6 Å². The van der Waals surface area contributed by atoms with E-state index in [4.69, 9.17) is 5.11 Å². The lowest BCUT2D eigenvalue weighted by atomic mass is 10.2. The summed E-state index contributed by atoms with van der Waals surface area (Å²) in [6.07, 6.45) is 26.2. The Morgan fingerprint density at radius 1 is 0.852 bits per heavy atom. The van der Waals surface area contributed by atoms with Gasteiger partial charge in [0.05, 0.1) is 11.3 Å². The van der Waals surface area contributed by atoms with E-state index in [0.29, 0.717) is 25.7 Å². The summed E-state index contributed by atoms with van der Waals surface area (Å²) in [7, 11) is 0. The molecule has 0 spiro atoms. The normalized spacial score (nSPS) is 13.1. The number of hydrogen-bond acceptors (Lipinski definition) is 3. The van der Waals surface area contributed by atoms with Crippen molar-refractivity contribution in [1.82, 2.24) is 0 Å². The average molecular weight is 373 g/mol. The second-order valence-electron chi connectivity index (χ2n) is 5.80. The van der Waals surface area contributed by atoms with Gasteiger partial charge in [0.1, 0.15) is 0 Å². The third-order valence-corrected chi connectivity index (χ3v) is 3.46. The average Bonchev–Trinajstić information content (AvgIpc) is 2.63. The Morgan fingerprint density at radius 3 is 1.93 bits per heavy atom. The van der Waals surface area contributed by atoms with Crippen LogP contribution in [0.4, 0.5) is 0 Å². The first-order chi connectivity index (χ1) is 13.1. The van der Waals surface area contributed by atoms with Gasteiger partial charge in [0.2, 0.25) is 5.70 Å². The molecule has 27 heavy (non-hydrogen) atoms. The maximum absolute atomic E-state index is 11.1. The van der Waals surface area contributed by atoms with E-state index in [2.05, 4.69) is 31.2 Å². The SMILES string of the molecule is CCC=CCC=CCC=CCC(=CCC=CCC=CCCC(=O)O)[N+](=O)[O-]. The van der Waals surface area contributed by atoms with E-state index in [0.717, 1.165) is 19.3 Å². The van der Waals surface area contributed by atoms with Crippen LogP contribution in [-0.2, 0) is 4.79 Å². The third-order valence-electron chi connectivity index (χ3n) is 3.46. The van der Waals surface area contributed by atoms with E-state index in [9.17, 15) is 14.9 Å². The molecule has 5 heteroatoms. The van der Waals surface area contributed by atoms with Gasteiger partial charge in [-0.2, -0.15) is 0 Å². The van der Waals surface area contributed by atoms with Gasteiger partial charge in [0.25, 0.3) is 0 Å². The number of carbonyl (C=O) groups is 1. The summed E-state index contributed by atoms with van der Waals surface area (Å²) in [5, 5.41) is 19.6. The smallest absolute Gasteiger partial charge is 0.303 e. The zero-order valence-corrected chi connectivity index (χ0v) is 16.1.